The van der Waals surface area contributed by atoms with Gasteiger partial charge < -0.3 is 4.90 Å². The average Bonchev–Trinajstić information content (AvgIpc) is 3.06. The van der Waals surface area contributed by atoms with E-state index in [9.17, 15) is 14.9 Å². The molecule has 5 heteroatoms. The number of benzene rings is 2. The van der Waals surface area contributed by atoms with E-state index in [4.69, 9.17) is 0 Å². The molecule has 25 heavy (non-hydrogen) atoms. The molecule has 2 aromatic carbocycles. The monoisotopic (exact) mass is 338 g/mol. The third kappa shape index (κ3) is 3.71. The summed E-state index contributed by atoms with van der Waals surface area (Å²) < 4.78 is 0. The van der Waals surface area contributed by atoms with Gasteiger partial charge in [0.15, 0.2) is 0 Å². The van der Waals surface area contributed by atoms with Gasteiger partial charge in [-0.2, -0.15) is 0 Å². The third-order valence-electron chi connectivity index (χ3n) is 4.73. The second-order valence-corrected chi connectivity index (χ2v) is 6.79. The lowest BCUT2D eigenvalue weighted by Gasteiger charge is -2.27. The highest BCUT2D eigenvalue weighted by Gasteiger charge is 2.21. The molecular weight excluding hydrogens is 316 g/mol. The van der Waals surface area contributed by atoms with Crippen molar-refractivity contribution in [1.82, 2.24) is 4.90 Å². The van der Waals surface area contributed by atoms with Gasteiger partial charge in [-0.3, -0.25) is 14.9 Å². The Hall–Kier alpha value is -2.69. The van der Waals surface area contributed by atoms with E-state index in [1.165, 1.54) is 23.3 Å². The van der Waals surface area contributed by atoms with Gasteiger partial charge in [0.05, 0.1) is 4.92 Å². The van der Waals surface area contributed by atoms with Crippen LogP contribution in [0.4, 0.5) is 5.69 Å². The summed E-state index contributed by atoms with van der Waals surface area (Å²) in [6, 6.07) is 12.4. The van der Waals surface area contributed by atoms with Crippen LogP contribution in [0.1, 0.15) is 47.3 Å². The molecule has 0 saturated heterocycles. The van der Waals surface area contributed by atoms with Crippen molar-refractivity contribution in [2.24, 2.45) is 0 Å². The van der Waals surface area contributed by atoms with Crippen LogP contribution in [0, 0.1) is 10.1 Å². The largest absolute Gasteiger partial charge is 0.332 e. The molecule has 130 valence electrons. The highest BCUT2D eigenvalue weighted by atomic mass is 16.6. The lowest BCUT2D eigenvalue weighted by Crippen LogP contribution is -2.36. The Kier molecular flexibility index (Phi) is 4.83. The van der Waals surface area contributed by atoms with Crippen molar-refractivity contribution in [2.75, 3.05) is 0 Å². The number of fused-ring (bicyclic) bond motifs is 1. The number of carbonyl (C=O) groups is 1. The van der Waals surface area contributed by atoms with Crippen LogP contribution < -0.4 is 0 Å². The highest BCUT2D eigenvalue weighted by molar-refractivity contribution is 5.94. The van der Waals surface area contributed by atoms with Gasteiger partial charge in [-0.05, 0) is 61.9 Å². The molecule has 0 bridgehead atoms. The van der Waals surface area contributed by atoms with Gasteiger partial charge in [-0.1, -0.05) is 18.2 Å². The number of carbonyl (C=O) groups excluding carboxylic acids is 1. The first kappa shape index (κ1) is 17.1. The van der Waals surface area contributed by atoms with E-state index in [0.29, 0.717) is 6.54 Å². The number of nitro groups is 1. The first-order valence-corrected chi connectivity index (χ1v) is 8.62. The minimum Gasteiger partial charge on any atom is -0.332 e. The number of hydrogen-bond donors (Lipinski definition) is 0. The lowest BCUT2D eigenvalue weighted by molar-refractivity contribution is -0.384. The summed E-state index contributed by atoms with van der Waals surface area (Å²) in [5, 5.41) is 10.8. The summed E-state index contributed by atoms with van der Waals surface area (Å²) in [5.41, 5.74) is 4.29. The number of aryl methyl sites for hydroxylation is 2. The molecule has 0 aliphatic heterocycles. The second-order valence-electron chi connectivity index (χ2n) is 6.79. The smallest absolute Gasteiger partial charge is 0.269 e. The van der Waals surface area contributed by atoms with Gasteiger partial charge in [0.25, 0.3) is 11.6 Å². The van der Waals surface area contributed by atoms with Crippen LogP contribution in [0.25, 0.3) is 0 Å². The van der Waals surface area contributed by atoms with E-state index in [1.807, 2.05) is 26.0 Å². The van der Waals surface area contributed by atoms with Crippen LogP contribution in [0.2, 0.25) is 0 Å². The lowest BCUT2D eigenvalue weighted by atomic mass is 10.0. The number of rotatable bonds is 5. The fraction of sp³-hybridized carbons (Fsp3) is 0.350. The molecule has 1 aliphatic carbocycles. The maximum Gasteiger partial charge on any atom is 0.269 e. The van der Waals surface area contributed by atoms with Gasteiger partial charge in [0, 0.05) is 30.3 Å². The normalized spacial score (nSPS) is 12.9. The van der Waals surface area contributed by atoms with E-state index in [2.05, 4.69) is 6.07 Å². The Morgan fingerprint density at radius 1 is 1.12 bits per heavy atom. The molecule has 0 radical (unpaired) electrons. The second kappa shape index (κ2) is 7.05. The molecule has 0 aromatic heterocycles. The standard InChI is InChI=1S/C20H22N2O3/c1-14(2)21(13-15-6-10-19(11-7-15)22(24)25)20(23)18-9-8-16-4-3-5-17(16)12-18/h6-12,14H,3-5,13H2,1-2H3. The molecule has 3 rings (SSSR count). The van der Waals surface area contributed by atoms with Crippen LogP contribution >= 0.6 is 0 Å². The Bertz CT molecular complexity index is 797. The van der Waals surface area contributed by atoms with Gasteiger partial charge in [0.2, 0.25) is 0 Å². The fourth-order valence-corrected chi connectivity index (χ4v) is 3.28. The molecule has 0 atom stereocenters. The molecule has 5 nitrogen and oxygen atoms in total. The maximum absolute atomic E-state index is 13.0. The van der Waals surface area contributed by atoms with Crippen LogP contribution in [-0.4, -0.2) is 21.8 Å². The van der Waals surface area contributed by atoms with E-state index >= 15 is 0 Å². The van der Waals surface area contributed by atoms with Gasteiger partial charge in [0.1, 0.15) is 0 Å². The molecule has 2 aromatic rings. The van der Waals surface area contributed by atoms with E-state index in [-0.39, 0.29) is 17.6 Å². The zero-order valence-corrected chi connectivity index (χ0v) is 14.6. The number of hydrogen-bond acceptors (Lipinski definition) is 3. The average molecular weight is 338 g/mol. The number of non-ortho nitro benzene ring substituents is 1. The number of amides is 1. The first-order chi connectivity index (χ1) is 12.0. The topological polar surface area (TPSA) is 63.4 Å². The molecule has 0 heterocycles. The predicted molar refractivity (Wildman–Crippen MR) is 96.6 cm³/mol. The van der Waals surface area contributed by atoms with Crippen molar-refractivity contribution in [3.63, 3.8) is 0 Å². The van der Waals surface area contributed by atoms with Crippen LogP contribution in [0.3, 0.4) is 0 Å². The molecule has 1 aliphatic rings. The van der Waals surface area contributed by atoms with Crippen LogP contribution in [0.15, 0.2) is 42.5 Å². The number of nitro benzene ring substituents is 1. The summed E-state index contributed by atoms with van der Waals surface area (Å²) in [4.78, 5) is 25.1. The summed E-state index contributed by atoms with van der Waals surface area (Å²) in [7, 11) is 0. The number of nitrogens with zero attached hydrogens (tertiary/aromatic N) is 2. The van der Waals surface area contributed by atoms with E-state index in [1.54, 1.807) is 17.0 Å². The predicted octanol–water partition coefficient (Wildman–Crippen LogP) is 4.13. The molecule has 0 fully saturated rings. The summed E-state index contributed by atoms with van der Waals surface area (Å²) in [6.45, 7) is 4.40. The van der Waals surface area contributed by atoms with Crippen molar-refractivity contribution < 1.29 is 9.72 Å². The molecule has 1 amide bonds. The Morgan fingerprint density at radius 3 is 2.44 bits per heavy atom. The van der Waals surface area contributed by atoms with E-state index < -0.39 is 4.92 Å². The van der Waals surface area contributed by atoms with Gasteiger partial charge in [-0.25, -0.2) is 0 Å². The minimum atomic E-state index is -0.417. The highest BCUT2D eigenvalue weighted by Crippen LogP contribution is 2.24. The third-order valence-corrected chi connectivity index (χ3v) is 4.73. The molecular formula is C20H22N2O3. The minimum absolute atomic E-state index is 0.00283. The SMILES string of the molecule is CC(C)N(Cc1ccc([N+](=O)[O-])cc1)C(=O)c1ccc2c(c1)CCC2. The van der Waals surface area contributed by atoms with Gasteiger partial charge >= 0.3 is 0 Å². The Labute approximate surface area is 147 Å². The van der Waals surface area contributed by atoms with Crippen molar-refractivity contribution in [3.8, 4) is 0 Å². The Balaban J connectivity index is 1.80. The maximum atomic E-state index is 13.0. The first-order valence-electron chi connectivity index (χ1n) is 8.62. The van der Waals surface area contributed by atoms with Crippen molar-refractivity contribution in [1.29, 1.82) is 0 Å². The molecule has 0 spiro atoms. The van der Waals surface area contributed by atoms with Crippen molar-refractivity contribution in [2.45, 2.75) is 45.7 Å². The zero-order chi connectivity index (χ0) is 18.0. The summed E-state index contributed by atoms with van der Waals surface area (Å²) in [6.07, 6.45) is 3.30. The molecule has 0 saturated carbocycles. The van der Waals surface area contributed by atoms with Crippen molar-refractivity contribution in [3.05, 3.63) is 74.8 Å². The summed E-state index contributed by atoms with van der Waals surface area (Å²) in [5.74, 6) is 0.00283. The van der Waals surface area contributed by atoms with Crippen molar-refractivity contribution >= 4 is 11.6 Å². The quantitative estimate of drug-likeness (QED) is 0.608. The van der Waals surface area contributed by atoms with E-state index in [0.717, 1.165) is 30.4 Å². The summed E-state index contributed by atoms with van der Waals surface area (Å²) >= 11 is 0. The van der Waals surface area contributed by atoms with Crippen LogP contribution in [0.5, 0.6) is 0 Å². The Morgan fingerprint density at radius 2 is 1.80 bits per heavy atom. The molecule has 0 N–H and O–H groups in total. The molecule has 0 unspecified atom stereocenters. The fourth-order valence-electron chi connectivity index (χ4n) is 3.28. The van der Waals surface area contributed by atoms with Gasteiger partial charge in [-0.15, -0.1) is 0 Å². The van der Waals surface area contributed by atoms with Crippen LogP contribution in [-0.2, 0) is 19.4 Å². The zero-order valence-electron chi connectivity index (χ0n) is 14.6.